The van der Waals surface area contributed by atoms with E-state index in [1.807, 2.05) is 6.07 Å². The zero-order chi connectivity index (χ0) is 21.0. The molecule has 3 rings (SSSR count). The van der Waals surface area contributed by atoms with Crippen LogP contribution >= 0.6 is 11.6 Å². The summed E-state index contributed by atoms with van der Waals surface area (Å²) in [6, 6.07) is 11.4. The topological polar surface area (TPSA) is 65.4 Å². The quantitative estimate of drug-likeness (QED) is 0.631. The Bertz CT molecular complexity index is 1020. The van der Waals surface area contributed by atoms with E-state index in [2.05, 4.69) is 10.4 Å². The van der Waals surface area contributed by atoms with Gasteiger partial charge in [0.1, 0.15) is 22.5 Å². The Morgan fingerprint density at radius 3 is 2.55 bits per heavy atom. The average molecular weight is 418 g/mol. The second-order valence-corrected chi connectivity index (χ2v) is 6.75. The number of nitrogens with one attached hydrogen (secondary N) is 1. The first-order chi connectivity index (χ1) is 13.9. The van der Waals surface area contributed by atoms with Crippen LogP contribution in [0, 0.1) is 12.7 Å². The van der Waals surface area contributed by atoms with Crippen LogP contribution in [0.3, 0.4) is 0 Å². The van der Waals surface area contributed by atoms with E-state index in [1.54, 1.807) is 45.4 Å². The number of methoxy groups -OCH3 is 2. The minimum Gasteiger partial charge on any atom is -0.497 e. The second-order valence-electron chi connectivity index (χ2n) is 6.40. The normalized spacial score (nSPS) is 10.7. The minimum absolute atomic E-state index is 0.228. The Kier molecular flexibility index (Phi) is 6.39. The standard InChI is InChI=1S/C21H21ClFN3O3/c1-13-19(20(22)26(25-13)12-14-4-7-16(23)8-5-14)21(27)24-11-15-6-9-17(28-2)10-18(15)29-3/h4-10H,11-12H2,1-3H3,(H,24,27). The summed E-state index contributed by atoms with van der Waals surface area (Å²) in [4.78, 5) is 12.7. The lowest BCUT2D eigenvalue weighted by Gasteiger charge is -2.11. The Morgan fingerprint density at radius 2 is 1.90 bits per heavy atom. The molecule has 0 bridgehead atoms. The number of benzene rings is 2. The molecule has 0 fully saturated rings. The van der Waals surface area contributed by atoms with Crippen molar-refractivity contribution in [2.45, 2.75) is 20.0 Å². The average Bonchev–Trinajstić information content (AvgIpc) is 3.00. The van der Waals surface area contributed by atoms with Gasteiger partial charge in [-0.2, -0.15) is 5.10 Å². The zero-order valence-electron chi connectivity index (χ0n) is 16.3. The van der Waals surface area contributed by atoms with Crippen LogP contribution in [0.2, 0.25) is 5.15 Å². The SMILES string of the molecule is COc1ccc(CNC(=O)c2c(C)nn(Cc3ccc(F)cc3)c2Cl)c(OC)c1. The molecule has 6 nitrogen and oxygen atoms in total. The van der Waals surface area contributed by atoms with Crippen LogP contribution in [-0.2, 0) is 13.1 Å². The van der Waals surface area contributed by atoms with Crippen molar-refractivity contribution >= 4 is 17.5 Å². The predicted octanol–water partition coefficient (Wildman–Crippen LogP) is 3.98. The zero-order valence-corrected chi connectivity index (χ0v) is 17.1. The molecule has 3 aromatic rings. The number of halogens is 2. The predicted molar refractivity (Wildman–Crippen MR) is 108 cm³/mol. The molecular formula is C21H21ClFN3O3. The molecule has 2 aromatic carbocycles. The van der Waals surface area contributed by atoms with E-state index in [0.717, 1.165) is 11.1 Å². The molecule has 152 valence electrons. The van der Waals surface area contributed by atoms with Crippen molar-refractivity contribution in [1.82, 2.24) is 15.1 Å². The van der Waals surface area contributed by atoms with Crippen molar-refractivity contribution in [1.29, 1.82) is 0 Å². The van der Waals surface area contributed by atoms with Gasteiger partial charge in [0.15, 0.2) is 0 Å². The number of nitrogens with zero attached hydrogens (tertiary/aromatic N) is 2. The molecule has 1 aromatic heterocycles. The van der Waals surface area contributed by atoms with Crippen molar-refractivity contribution in [2.24, 2.45) is 0 Å². The van der Waals surface area contributed by atoms with Crippen LogP contribution in [0.5, 0.6) is 11.5 Å². The molecule has 0 aliphatic carbocycles. The van der Waals surface area contributed by atoms with E-state index in [1.165, 1.54) is 16.8 Å². The fourth-order valence-electron chi connectivity index (χ4n) is 2.94. The van der Waals surface area contributed by atoms with Crippen LogP contribution < -0.4 is 14.8 Å². The first-order valence-corrected chi connectivity index (χ1v) is 9.27. The van der Waals surface area contributed by atoms with Crippen molar-refractivity contribution in [3.05, 3.63) is 75.8 Å². The number of carbonyl (C=O) groups excluding carboxylic acids is 1. The molecule has 0 atom stereocenters. The van der Waals surface area contributed by atoms with Gasteiger partial charge in [0.25, 0.3) is 5.91 Å². The van der Waals surface area contributed by atoms with Crippen LogP contribution in [0.25, 0.3) is 0 Å². The Balaban J connectivity index is 1.74. The van der Waals surface area contributed by atoms with Gasteiger partial charge in [-0.3, -0.25) is 4.79 Å². The Morgan fingerprint density at radius 1 is 1.17 bits per heavy atom. The summed E-state index contributed by atoms with van der Waals surface area (Å²) in [6.07, 6.45) is 0. The summed E-state index contributed by atoms with van der Waals surface area (Å²) < 4.78 is 25.1. The largest absolute Gasteiger partial charge is 0.497 e. The summed E-state index contributed by atoms with van der Waals surface area (Å²) in [5.41, 5.74) is 2.44. The maximum absolute atomic E-state index is 13.1. The number of hydrogen-bond acceptors (Lipinski definition) is 4. The fourth-order valence-corrected chi connectivity index (χ4v) is 3.26. The summed E-state index contributed by atoms with van der Waals surface area (Å²) >= 11 is 6.41. The van der Waals surface area contributed by atoms with Crippen molar-refractivity contribution < 1.29 is 18.7 Å². The second kappa shape index (κ2) is 8.96. The summed E-state index contributed by atoms with van der Waals surface area (Å²) in [7, 11) is 3.13. The number of ether oxygens (including phenoxy) is 2. The summed E-state index contributed by atoms with van der Waals surface area (Å²) in [5, 5.41) is 7.42. The molecule has 29 heavy (non-hydrogen) atoms. The molecule has 0 radical (unpaired) electrons. The summed E-state index contributed by atoms with van der Waals surface area (Å²) in [5.74, 6) is 0.624. The highest BCUT2D eigenvalue weighted by atomic mass is 35.5. The molecule has 1 N–H and O–H groups in total. The Hall–Kier alpha value is -3.06. The van der Waals surface area contributed by atoms with Gasteiger partial charge in [-0.15, -0.1) is 0 Å². The first-order valence-electron chi connectivity index (χ1n) is 8.89. The molecule has 8 heteroatoms. The molecule has 1 amide bonds. The van der Waals surface area contributed by atoms with Crippen molar-refractivity contribution in [3.63, 3.8) is 0 Å². The Labute approximate surface area is 173 Å². The van der Waals surface area contributed by atoms with Gasteiger partial charge in [-0.25, -0.2) is 9.07 Å². The van der Waals surface area contributed by atoms with Crippen LogP contribution in [-0.4, -0.2) is 29.9 Å². The van der Waals surface area contributed by atoms with Gasteiger partial charge in [0.2, 0.25) is 0 Å². The van der Waals surface area contributed by atoms with E-state index in [-0.39, 0.29) is 23.4 Å². The lowest BCUT2D eigenvalue weighted by Crippen LogP contribution is -2.23. The highest BCUT2D eigenvalue weighted by Gasteiger charge is 2.20. The van der Waals surface area contributed by atoms with Gasteiger partial charge in [0, 0.05) is 18.2 Å². The van der Waals surface area contributed by atoms with Gasteiger partial charge < -0.3 is 14.8 Å². The number of carbonyl (C=O) groups is 1. The molecule has 0 saturated carbocycles. The van der Waals surface area contributed by atoms with Crippen LogP contribution in [0.4, 0.5) is 4.39 Å². The molecule has 0 saturated heterocycles. The molecular weight excluding hydrogens is 397 g/mol. The van der Waals surface area contributed by atoms with Gasteiger partial charge in [-0.1, -0.05) is 23.7 Å². The smallest absolute Gasteiger partial charge is 0.256 e. The maximum Gasteiger partial charge on any atom is 0.256 e. The van der Waals surface area contributed by atoms with E-state index < -0.39 is 0 Å². The summed E-state index contributed by atoms with van der Waals surface area (Å²) in [6.45, 7) is 2.31. The number of rotatable bonds is 7. The third-order valence-corrected chi connectivity index (χ3v) is 4.86. The van der Waals surface area contributed by atoms with Crippen molar-refractivity contribution in [2.75, 3.05) is 14.2 Å². The van der Waals surface area contributed by atoms with Gasteiger partial charge >= 0.3 is 0 Å². The molecule has 1 heterocycles. The third-order valence-electron chi connectivity index (χ3n) is 4.47. The monoisotopic (exact) mass is 417 g/mol. The number of hydrogen-bond donors (Lipinski definition) is 1. The lowest BCUT2D eigenvalue weighted by atomic mass is 10.1. The van der Waals surface area contributed by atoms with E-state index in [4.69, 9.17) is 21.1 Å². The highest BCUT2D eigenvalue weighted by Crippen LogP contribution is 2.25. The number of aryl methyl sites for hydroxylation is 1. The van der Waals surface area contributed by atoms with E-state index >= 15 is 0 Å². The van der Waals surface area contributed by atoms with Crippen molar-refractivity contribution in [3.8, 4) is 11.5 Å². The highest BCUT2D eigenvalue weighted by molar-refractivity contribution is 6.33. The number of aromatic nitrogens is 2. The van der Waals surface area contributed by atoms with Gasteiger partial charge in [-0.05, 0) is 36.8 Å². The minimum atomic E-state index is -0.337. The van der Waals surface area contributed by atoms with E-state index in [0.29, 0.717) is 29.3 Å². The lowest BCUT2D eigenvalue weighted by molar-refractivity contribution is 0.0950. The van der Waals surface area contributed by atoms with Gasteiger partial charge in [0.05, 0.1) is 32.0 Å². The molecule has 0 spiro atoms. The van der Waals surface area contributed by atoms with Crippen LogP contribution in [0.1, 0.15) is 27.2 Å². The number of amides is 1. The molecule has 0 aliphatic heterocycles. The van der Waals surface area contributed by atoms with E-state index in [9.17, 15) is 9.18 Å². The maximum atomic E-state index is 13.1. The molecule has 0 unspecified atom stereocenters. The third kappa shape index (κ3) is 4.68. The molecule has 0 aliphatic rings. The first kappa shape index (κ1) is 20.7. The fraction of sp³-hybridized carbons (Fsp3) is 0.238. The van der Waals surface area contributed by atoms with Crippen LogP contribution in [0.15, 0.2) is 42.5 Å².